The topological polar surface area (TPSA) is 76.1 Å². The third-order valence-corrected chi connectivity index (χ3v) is 6.26. The summed E-state index contributed by atoms with van der Waals surface area (Å²) in [6, 6.07) is 22.8. The quantitative estimate of drug-likeness (QED) is 0.293. The molecule has 0 fully saturated rings. The van der Waals surface area contributed by atoms with Crippen molar-refractivity contribution in [1.29, 1.82) is 0 Å². The molecule has 7 heteroatoms. The number of aliphatic carboxylic acids is 1. The highest BCUT2D eigenvalue weighted by molar-refractivity contribution is 6.30. The number of benzene rings is 3. The van der Waals surface area contributed by atoms with E-state index in [9.17, 15) is 14.7 Å². The maximum absolute atomic E-state index is 13.2. The number of carboxylic acids is 1. The number of ether oxygens (including phenoxy) is 2. The maximum atomic E-state index is 13.2. The van der Waals surface area contributed by atoms with Gasteiger partial charge < -0.3 is 19.5 Å². The fourth-order valence-electron chi connectivity index (χ4n) is 3.86. The fraction of sp³-hybridized carbons (Fsp3) is 0.333. The zero-order valence-corrected chi connectivity index (χ0v) is 22.3. The van der Waals surface area contributed by atoms with Crippen molar-refractivity contribution in [1.82, 2.24) is 4.90 Å². The van der Waals surface area contributed by atoms with E-state index in [4.69, 9.17) is 21.1 Å². The van der Waals surface area contributed by atoms with Crippen LogP contribution in [0, 0.1) is 0 Å². The molecule has 1 amide bonds. The first-order chi connectivity index (χ1) is 17.7. The van der Waals surface area contributed by atoms with Crippen molar-refractivity contribution in [3.05, 3.63) is 100 Å². The van der Waals surface area contributed by atoms with E-state index >= 15 is 0 Å². The molecule has 3 aromatic rings. The van der Waals surface area contributed by atoms with Gasteiger partial charge in [0.25, 0.3) is 5.91 Å². The largest absolute Gasteiger partial charge is 0.484 e. The number of carbonyl (C=O) groups excluding carboxylic acids is 1. The molecule has 1 N–H and O–H groups in total. The number of carboxylic acid groups (broad SMARTS) is 1. The van der Waals surface area contributed by atoms with Crippen molar-refractivity contribution in [2.75, 3.05) is 13.2 Å². The summed E-state index contributed by atoms with van der Waals surface area (Å²) in [6.45, 7) is 7.16. The number of hydrogen-bond donors (Lipinski definition) is 1. The average molecular weight is 524 g/mol. The molecule has 0 bridgehead atoms. The van der Waals surface area contributed by atoms with E-state index in [0.29, 0.717) is 36.4 Å². The molecular formula is C30H34ClNO5. The maximum Gasteiger partial charge on any atom is 0.333 e. The van der Waals surface area contributed by atoms with E-state index in [1.165, 1.54) is 5.56 Å². The molecule has 0 radical (unpaired) electrons. The number of rotatable bonds is 13. The van der Waals surface area contributed by atoms with E-state index in [1.807, 2.05) is 24.3 Å². The van der Waals surface area contributed by atoms with Crippen LogP contribution in [0.2, 0.25) is 5.02 Å². The Hall–Kier alpha value is -3.35. The zero-order valence-electron chi connectivity index (χ0n) is 21.5. The molecule has 0 saturated heterocycles. The Kier molecular flexibility index (Phi) is 10.5. The average Bonchev–Trinajstić information content (AvgIpc) is 2.89. The molecule has 0 aliphatic rings. The van der Waals surface area contributed by atoms with Crippen LogP contribution in [-0.4, -0.2) is 41.2 Å². The highest BCUT2D eigenvalue weighted by Crippen LogP contribution is 2.19. The van der Waals surface area contributed by atoms with Gasteiger partial charge in [-0.2, -0.15) is 0 Å². The van der Waals surface area contributed by atoms with Gasteiger partial charge in [0.05, 0.1) is 0 Å². The Morgan fingerprint density at radius 1 is 0.865 bits per heavy atom. The molecule has 0 heterocycles. The monoisotopic (exact) mass is 523 g/mol. The van der Waals surface area contributed by atoms with Gasteiger partial charge in [-0.1, -0.05) is 74.0 Å². The number of hydrogen-bond acceptors (Lipinski definition) is 4. The van der Waals surface area contributed by atoms with Crippen LogP contribution >= 0.6 is 11.6 Å². The highest BCUT2D eigenvalue weighted by Gasteiger charge is 2.19. The molecule has 37 heavy (non-hydrogen) atoms. The summed E-state index contributed by atoms with van der Waals surface area (Å²) in [5, 5.41) is 9.93. The molecule has 0 spiro atoms. The van der Waals surface area contributed by atoms with Crippen LogP contribution in [0.5, 0.6) is 5.75 Å². The van der Waals surface area contributed by atoms with Gasteiger partial charge in [-0.25, -0.2) is 4.79 Å². The van der Waals surface area contributed by atoms with Crippen LogP contribution in [0.1, 0.15) is 48.9 Å². The van der Waals surface area contributed by atoms with E-state index in [0.717, 1.165) is 16.7 Å². The van der Waals surface area contributed by atoms with Gasteiger partial charge in [-0.15, -0.1) is 0 Å². The third-order valence-electron chi connectivity index (χ3n) is 6.01. The van der Waals surface area contributed by atoms with Crippen LogP contribution in [0.25, 0.3) is 0 Å². The van der Waals surface area contributed by atoms with Gasteiger partial charge in [0, 0.05) is 31.1 Å². The Morgan fingerprint density at radius 2 is 1.41 bits per heavy atom. The van der Waals surface area contributed by atoms with Crippen molar-refractivity contribution in [2.24, 2.45) is 0 Å². The third kappa shape index (κ3) is 8.92. The van der Waals surface area contributed by atoms with Gasteiger partial charge in [0.15, 0.2) is 12.7 Å². The van der Waals surface area contributed by atoms with Gasteiger partial charge in [0.2, 0.25) is 0 Å². The molecule has 0 unspecified atom stereocenters. The zero-order chi connectivity index (χ0) is 26.8. The number of amides is 1. The lowest BCUT2D eigenvalue weighted by Gasteiger charge is -2.23. The molecule has 3 aromatic carbocycles. The first-order valence-electron chi connectivity index (χ1n) is 12.4. The first kappa shape index (κ1) is 28.2. The molecular weight excluding hydrogens is 490 g/mol. The number of nitrogens with zero attached hydrogens (tertiary/aromatic N) is 1. The number of halogens is 1. The Balaban J connectivity index is 1.66. The second-order valence-corrected chi connectivity index (χ2v) is 9.63. The summed E-state index contributed by atoms with van der Waals surface area (Å²) in [6.07, 6.45) is -0.637. The second-order valence-electron chi connectivity index (χ2n) is 9.19. The van der Waals surface area contributed by atoms with E-state index in [-0.39, 0.29) is 18.9 Å². The standard InChI is InChI=1S/C30H34ClNO5/c1-4-36-28(30(34)35)17-22-9-15-27(16-10-22)37-20-29(33)32(19-24-7-13-26(31)14-8-24)18-23-5-11-25(12-6-23)21(2)3/h5-16,21,28H,4,17-20H2,1-3H3,(H,34,35)/t28-/m0/s1. The van der Waals surface area contributed by atoms with E-state index in [1.54, 1.807) is 36.1 Å². The van der Waals surface area contributed by atoms with Crippen molar-refractivity contribution < 1.29 is 24.2 Å². The van der Waals surface area contributed by atoms with Crippen molar-refractivity contribution in [2.45, 2.75) is 52.3 Å². The van der Waals surface area contributed by atoms with Gasteiger partial charge in [-0.3, -0.25) is 4.79 Å². The van der Waals surface area contributed by atoms with Crippen LogP contribution in [-0.2, 0) is 33.8 Å². The number of carbonyl (C=O) groups is 2. The first-order valence-corrected chi connectivity index (χ1v) is 12.8. The van der Waals surface area contributed by atoms with Crippen LogP contribution < -0.4 is 4.74 Å². The summed E-state index contributed by atoms with van der Waals surface area (Å²) in [7, 11) is 0. The summed E-state index contributed by atoms with van der Waals surface area (Å²) in [5.74, 6) is -0.162. The summed E-state index contributed by atoms with van der Waals surface area (Å²) in [4.78, 5) is 26.3. The lowest BCUT2D eigenvalue weighted by molar-refractivity contribution is -0.150. The summed E-state index contributed by atoms with van der Waals surface area (Å²) < 4.78 is 11.1. The Labute approximate surface area is 223 Å². The minimum absolute atomic E-state index is 0.117. The van der Waals surface area contributed by atoms with Crippen LogP contribution in [0.3, 0.4) is 0 Å². The van der Waals surface area contributed by atoms with Crippen molar-refractivity contribution >= 4 is 23.5 Å². The molecule has 0 saturated carbocycles. The molecule has 0 aliphatic heterocycles. The predicted molar refractivity (Wildman–Crippen MR) is 145 cm³/mol. The predicted octanol–water partition coefficient (Wildman–Crippen LogP) is 6.10. The van der Waals surface area contributed by atoms with Crippen molar-refractivity contribution in [3.8, 4) is 5.75 Å². The Bertz CT molecular complexity index is 1140. The molecule has 0 aromatic heterocycles. The summed E-state index contributed by atoms with van der Waals surface area (Å²) in [5.41, 5.74) is 4.08. The second kappa shape index (κ2) is 13.8. The van der Waals surface area contributed by atoms with Gasteiger partial charge in [0.1, 0.15) is 5.75 Å². The molecule has 1 atom stereocenters. The smallest absolute Gasteiger partial charge is 0.333 e. The minimum atomic E-state index is -0.993. The van der Waals surface area contributed by atoms with Gasteiger partial charge >= 0.3 is 5.97 Å². The van der Waals surface area contributed by atoms with Crippen LogP contribution in [0.4, 0.5) is 0 Å². The van der Waals surface area contributed by atoms with Gasteiger partial charge in [-0.05, 0) is 59.4 Å². The normalized spacial score (nSPS) is 11.8. The van der Waals surface area contributed by atoms with E-state index in [2.05, 4.69) is 38.1 Å². The molecule has 196 valence electrons. The van der Waals surface area contributed by atoms with Crippen molar-refractivity contribution in [3.63, 3.8) is 0 Å². The van der Waals surface area contributed by atoms with Crippen LogP contribution in [0.15, 0.2) is 72.8 Å². The molecule has 3 rings (SSSR count). The molecule has 0 aliphatic carbocycles. The van der Waals surface area contributed by atoms with E-state index < -0.39 is 12.1 Å². The minimum Gasteiger partial charge on any atom is -0.484 e. The summed E-state index contributed by atoms with van der Waals surface area (Å²) >= 11 is 6.03. The lowest BCUT2D eigenvalue weighted by Crippen LogP contribution is -2.34. The fourth-order valence-corrected chi connectivity index (χ4v) is 3.99. The Morgan fingerprint density at radius 3 is 1.92 bits per heavy atom. The molecule has 6 nitrogen and oxygen atoms in total. The highest BCUT2D eigenvalue weighted by atomic mass is 35.5. The SMILES string of the molecule is CCO[C@@H](Cc1ccc(OCC(=O)N(Cc2ccc(Cl)cc2)Cc2ccc(C(C)C)cc2)cc1)C(=O)O. The lowest BCUT2D eigenvalue weighted by atomic mass is 10.0.